The van der Waals surface area contributed by atoms with Gasteiger partial charge in [-0.2, -0.15) is 0 Å². The van der Waals surface area contributed by atoms with Crippen LogP contribution in [0, 0.1) is 5.41 Å². The molecule has 0 bridgehead atoms. The molecule has 2 N–H and O–H groups in total. The largest absolute Gasteiger partial charge is 0.481 e. The number of esters is 1. The maximum atomic E-state index is 12.0. The van der Waals surface area contributed by atoms with Crippen molar-refractivity contribution in [1.29, 1.82) is 0 Å². The third-order valence-electron chi connectivity index (χ3n) is 4.09. The van der Waals surface area contributed by atoms with Gasteiger partial charge in [0, 0.05) is 6.54 Å². The van der Waals surface area contributed by atoms with Crippen molar-refractivity contribution in [1.82, 2.24) is 4.72 Å². The smallest absolute Gasteiger partial charge is 0.325 e. The fraction of sp³-hybridized carbons (Fsp3) is 0.846. The summed E-state index contributed by atoms with van der Waals surface area (Å²) >= 11 is 0. The highest BCUT2D eigenvalue weighted by Crippen LogP contribution is 2.39. The van der Waals surface area contributed by atoms with Gasteiger partial charge in [0.05, 0.1) is 13.5 Å². The lowest BCUT2D eigenvalue weighted by Crippen LogP contribution is -2.45. The van der Waals surface area contributed by atoms with Gasteiger partial charge in [-0.25, -0.2) is 13.1 Å². The Kier molecular flexibility index (Phi) is 6.15. The molecule has 0 aromatic carbocycles. The molecular weight excluding hydrogens is 298 g/mol. The first-order valence-corrected chi connectivity index (χ1v) is 8.55. The Balaban J connectivity index is 2.76. The van der Waals surface area contributed by atoms with Crippen LogP contribution in [-0.2, 0) is 24.3 Å². The van der Waals surface area contributed by atoms with Crippen LogP contribution in [-0.4, -0.2) is 44.4 Å². The first-order valence-electron chi connectivity index (χ1n) is 7.00. The molecule has 0 saturated heterocycles. The van der Waals surface area contributed by atoms with Crippen LogP contribution >= 0.6 is 0 Å². The van der Waals surface area contributed by atoms with Crippen LogP contribution in [0.25, 0.3) is 0 Å². The molecule has 1 saturated carbocycles. The van der Waals surface area contributed by atoms with Gasteiger partial charge in [0.1, 0.15) is 0 Å². The van der Waals surface area contributed by atoms with Crippen molar-refractivity contribution in [2.24, 2.45) is 5.41 Å². The quantitative estimate of drug-likeness (QED) is 0.674. The summed E-state index contributed by atoms with van der Waals surface area (Å²) in [5.41, 5.74) is -0.563. The van der Waals surface area contributed by atoms with E-state index in [1.54, 1.807) is 0 Å². The molecule has 1 atom stereocenters. The van der Waals surface area contributed by atoms with E-state index in [1.165, 1.54) is 6.92 Å². The number of sulfonamides is 1. The monoisotopic (exact) mass is 321 g/mol. The standard InChI is InChI=1S/C13H23NO6S/c1-10(12(17)20-2)21(18,19)14-9-13(8-11(15)16)6-4-3-5-7-13/h10,14H,3-9H2,1-2H3,(H,15,16). The van der Waals surface area contributed by atoms with Crippen molar-refractivity contribution in [3.05, 3.63) is 0 Å². The molecule has 0 radical (unpaired) electrons. The number of carbonyl (C=O) groups is 2. The zero-order valence-electron chi connectivity index (χ0n) is 12.4. The van der Waals surface area contributed by atoms with E-state index in [4.69, 9.17) is 5.11 Å². The number of hydrogen-bond acceptors (Lipinski definition) is 5. The van der Waals surface area contributed by atoms with E-state index in [0.717, 1.165) is 26.4 Å². The van der Waals surface area contributed by atoms with Crippen molar-refractivity contribution in [3.63, 3.8) is 0 Å². The Morgan fingerprint density at radius 1 is 1.29 bits per heavy atom. The molecule has 0 spiro atoms. The third-order valence-corrected chi connectivity index (χ3v) is 5.76. The third kappa shape index (κ3) is 4.96. The lowest BCUT2D eigenvalue weighted by Gasteiger charge is -2.36. The Morgan fingerprint density at radius 3 is 2.33 bits per heavy atom. The molecule has 0 amide bonds. The zero-order valence-corrected chi connectivity index (χ0v) is 13.2. The number of carboxylic acid groups (broad SMARTS) is 1. The fourth-order valence-electron chi connectivity index (χ4n) is 2.71. The number of hydrogen-bond donors (Lipinski definition) is 2. The van der Waals surface area contributed by atoms with Crippen molar-refractivity contribution >= 4 is 22.0 Å². The first-order chi connectivity index (χ1) is 9.72. The predicted molar refractivity (Wildman–Crippen MR) is 76.2 cm³/mol. The highest BCUT2D eigenvalue weighted by Gasteiger charge is 2.37. The summed E-state index contributed by atoms with van der Waals surface area (Å²) < 4.78 is 30.9. The van der Waals surface area contributed by atoms with Gasteiger partial charge in [0.2, 0.25) is 10.0 Å². The van der Waals surface area contributed by atoms with Gasteiger partial charge in [0.25, 0.3) is 0 Å². The average molecular weight is 321 g/mol. The van der Waals surface area contributed by atoms with Crippen molar-refractivity contribution < 1.29 is 27.9 Å². The van der Waals surface area contributed by atoms with Crippen LogP contribution in [0.5, 0.6) is 0 Å². The summed E-state index contributed by atoms with van der Waals surface area (Å²) in [5.74, 6) is -1.77. The number of rotatable bonds is 7. The normalized spacial score (nSPS) is 19.7. The van der Waals surface area contributed by atoms with E-state index in [1.807, 2.05) is 0 Å². The molecule has 8 heteroatoms. The molecule has 0 aliphatic heterocycles. The molecule has 21 heavy (non-hydrogen) atoms. The van der Waals surface area contributed by atoms with E-state index in [0.29, 0.717) is 12.8 Å². The summed E-state index contributed by atoms with van der Waals surface area (Å²) in [6.07, 6.45) is 4.10. The summed E-state index contributed by atoms with van der Waals surface area (Å²) in [6, 6.07) is 0. The molecule has 0 heterocycles. The van der Waals surface area contributed by atoms with Gasteiger partial charge < -0.3 is 9.84 Å². The summed E-state index contributed by atoms with van der Waals surface area (Å²) in [5, 5.41) is 7.73. The van der Waals surface area contributed by atoms with Crippen molar-refractivity contribution in [2.45, 2.75) is 50.7 Å². The van der Waals surface area contributed by atoms with Crippen LogP contribution in [0.15, 0.2) is 0 Å². The fourth-order valence-corrected chi connectivity index (χ4v) is 3.82. The van der Waals surface area contributed by atoms with Crippen LogP contribution in [0.1, 0.15) is 45.4 Å². The first kappa shape index (κ1) is 17.9. The lowest BCUT2D eigenvalue weighted by atomic mass is 9.72. The van der Waals surface area contributed by atoms with E-state index >= 15 is 0 Å². The molecule has 1 unspecified atom stereocenters. The molecule has 122 valence electrons. The van der Waals surface area contributed by atoms with Crippen LogP contribution in [0.3, 0.4) is 0 Å². The Bertz CT molecular complexity index is 481. The molecule has 0 aromatic heterocycles. The molecule has 1 aliphatic carbocycles. The number of methoxy groups -OCH3 is 1. The van der Waals surface area contributed by atoms with E-state index in [2.05, 4.69) is 9.46 Å². The Labute approximate surface area is 125 Å². The van der Waals surface area contributed by atoms with Crippen LogP contribution in [0.4, 0.5) is 0 Å². The number of carbonyl (C=O) groups excluding carboxylic acids is 1. The lowest BCUT2D eigenvalue weighted by molar-refractivity contribution is -0.141. The molecule has 0 aromatic rings. The summed E-state index contributed by atoms with van der Waals surface area (Å²) in [4.78, 5) is 22.4. The minimum Gasteiger partial charge on any atom is -0.481 e. The minimum atomic E-state index is -3.86. The number of aliphatic carboxylic acids is 1. The molecule has 1 rings (SSSR count). The molecular formula is C13H23NO6S. The van der Waals surface area contributed by atoms with Gasteiger partial charge in [-0.15, -0.1) is 0 Å². The number of carboxylic acids is 1. The molecule has 1 aliphatic rings. The molecule has 1 fully saturated rings. The van der Waals surface area contributed by atoms with Gasteiger partial charge in [0.15, 0.2) is 5.25 Å². The number of ether oxygens (including phenoxy) is 1. The number of nitrogens with one attached hydrogen (secondary N) is 1. The van der Waals surface area contributed by atoms with Crippen LogP contribution < -0.4 is 4.72 Å². The van der Waals surface area contributed by atoms with Gasteiger partial charge >= 0.3 is 11.9 Å². The van der Waals surface area contributed by atoms with E-state index in [-0.39, 0.29) is 13.0 Å². The van der Waals surface area contributed by atoms with E-state index < -0.39 is 32.6 Å². The Hall–Kier alpha value is -1.15. The van der Waals surface area contributed by atoms with Gasteiger partial charge in [-0.3, -0.25) is 9.59 Å². The average Bonchev–Trinajstić information content (AvgIpc) is 2.44. The second-order valence-corrected chi connectivity index (χ2v) is 7.75. The second kappa shape index (κ2) is 7.22. The SMILES string of the molecule is COC(=O)C(C)S(=O)(=O)NCC1(CC(=O)O)CCCCC1. The van der Waals surface area contributed by atoms with Gasteiger partial charge in [-0.1, -0.05) is 19.3 Å². The topological polar surface area (TPSA) is 110 Å². The maximum absolute atomic E-state index is 12.0. The molecule has 7 nitrogen and oxygen atoms in total. The van der Waals surface area contributed by atoms with Crippen molar-refractivity contribution in [2.75, 3.05) is 13.7 Å². The van der Waals surface area contributed by atoms with Crippen LogP contribution in [0.2, 0.25) is 0 Å². The zero-order chi connectivity index (χ0) is 16.1. The Morgan fingerprint density at radius 2 is 1.86 bits per heavy atom. The highest BCUT2D eigenvalue weighted by molar-refractivity contribution is 7.90. The highest BCUT2D eigenvalue weighted by atomic mass is 32.2. The van der Waals surface area contributed by atoms with Gasteiger partial charge in [-0.05, 0) is 25.2 Å². The summed E-state index contributed by atoms with van der Waals surface area (Å²) in [7, 11) is -2.74. The van der Waals surface area contributed by atoms with Crippen molar-refractivity contribution in [3.8, 4) is 0 Å². The summed E-state index contributed by atoms with van der Waals surface area (Å²) in [6.45, 7) is 1.29. The predicted octanol–water partition coefficient (Wildman–Crippen LogP) is 0.892. The maximum Gasteiger partial charge on any atom is 0.325 e. The minimum absolute atomic E-state index is 0.0446. The van der Waals surface area contributed by atoms with E-state index in [9.17, 15) is 18.0 Å². The second-order valence-electron chi connectivity index (χ2n) is 5.66.